The molecule has 2 aromatic carbocycles. The van der Waals surface area contributed by atoms with Gasteiger partial charge in [-0.3, -0.25) is 19.5 Å². The smallest absolute Gasteiger partial charge is 0.249 e. The molecule has 41 heavy (non-hydrogen) atoms. The summed E-state index contributed by atoms with van der Waals surface area (Å²) in [6.45, 7) is 2.79. The number of aromatic nitrogens is 8. The van der Waals surface area contributed by atoms with E-state index in [0.717, 1.165) is 24.1 Å². The maximum Gasteiger partial charge on any atom is 0.249 e. The van der Waals surface area contributed by atoms with Gasteiger partial charge in [0.25, 0.3) is 0 Å². The Morgan fingerprint density at radius 1 is 1.15 bits per heavy atom. The number of amides is 2. The summed E-state index contributed by atoms with van der Waals surface area (Å²) in [5, 5.41) is 22.8. The summed E-state index contributed by atoms with van der Waals surface area (Å²) in [6, 6.07) is 15.4. The maximum atomic E-state index is 14.2. The second kappa shape index (κ2) is 11.6. The van der Waals surface area contributed by atoms with E-state index < -0.39 is 6.04 Å². The van der Waals surface area contributed by atoms with Gasteiger partial charge in [0, 0.05) is 36.8 Å². The third-order valence-corrected chi connectivity index (χ3v) is 7.06. The monoisotopic (exact) mass is 552 g/mol. The first-order chi connectivity index (χ1) is 20.1. The molecular weight excluding hydrogens is 524 g/mol. The van der Waals surface area contributed by atoms with Gasteiger partial charge in [0.15, 0.2) is 0 Å². The number of carbonyl (C=O) groups is 2. The highest BCUT2D eigenvalue weighted by Gasteiger charge is 2.34. The van der Waals surface area contributed by atoms with Gasteiger partial charge in [0.05, 0.1) is 17.3 Å². The van der Waals surface area contributed by atoms with Crippen molar-refractivity contribution in [2.24, 2.45) is 0 Å². The van der Waals surface area contributed by atoms with Crippen LogP contribution in [0.15, 0.2) is 73.3 Å². The number of tetrazole rings is 1. The van der Waals surface area contributed by atoms with E-state index in [9.17, 15) is 9.59 Å². The fourth-order valence-corrected chi connectivity index (χ4v) is 5.07. The first-order valence-electron chi connectivity index (χ1n) is 13.3. The fraction of sp³-hybridized carbons (Fsp3) is 0.286. The minimum atomic E-state index is -1.01. The molecule has 2 atom stereocenters. The molecule has 0 aliphatic carbocycles. The van der Waals surface area contributed by atoms with Crippen molar-refractivity contribution in [1.29, 1.82) is 0 Å². The third kappa shape index (κ3) is 5.52. The Kier molecular flexibility index (Phi) is 7.41. The second-order valence-corrected chi connectivity index (χ2v) is 9.79. The molecule has 1 N–H and O–H groups in total. The van der Waals surface area contributed by atoms with Crippen LogP contribution in [0.2, 0.25) is 0 Å². The Hall–Kier alpha value is -5.04. The minimum absolute atomic E-state index is 0.0584. The molecule has 2 unspecified atom stereocenters. The number of nitrogens with one attached hydrogen (secondary N) is 1. The predicted octanol–water partition coefficient (Wildman–Crippen LogP) is 2.18. The van der Waals surface area contributed by atoms with Crippen molar-refractivity contribution in [1.82, 2.24) is 45.5 Å². The number of hydrogen-bond donors (Lipinski definition) is 1. The van der Waals surface area contributed by atoms with Crippen LogP contribution in [-0.4, -0.2) is 71.3 Å². The first kappa shape index (κ1) is 26.2. The molecule has 13 nitrogen and oxygen atoms in total. The number of pyridine rings is 1. The Morgan fingerprint density at radius 3 is 2.80 bits per heavy atom. The minimum Gasteiger partial charge on any atom is -0.376 e. The molecule has 1 fully saturated rings. The summed E-state index contributed by atoms with van der Waals surface area (Å²) in [5.41, 5.74) is 4.03. The molecule has 3 aromatic heterocycles. The van der Waals surface area contributed by atoms with Crippen molar-refractivity contribution in [2.75, 3.05) is 18.1 Å². The number of aryl methyl sites for hydroxylation is 1. The number of carbonyl (C=O) groups excluding carboxylic acids is 2. The topological polar surface area (TPSA) is 146 Å². The van der Waals surface area contributed by atoms with Crippen molar-refractivity contribution in [3.8, 4) is 5.69 Å². The van der Waals surface area contributed by atoms with Gasteiger partial charge >= 0.3 is 0 Å². The first-order valence-corrected chi connectivity index (χ1v) is 13.3. The van der Waals surface area contributed by atoms with Gasteiger partial charge in [-0.15, -0.1) is 10.2 Å². The van der Waals surface area contributed by atoms with Crippen LogP contribution in [0, 0.1) is 6.92 Å². The number of benzene rings is 2. The third-order valence-electron chi connectivity index (χ3n) is 7.06. The average molecular weight is 553 g/mol. The highest BCUT2D eigenvalue weighted by molar-refractivity contribution is 6.01. The molecule has 0 radical (unpaired) electrons. The van der Waals surface area contributed by atoms with Crippen molar-refractivity contribution in [3.63, 3.8) is 0 Å². The van der Waals surface area contributed by atoms with E-state index >= 15 is 0 Å². The molecule has 5 aromatic rings. The normalized spacial score (nSPS) is 15.6. The molecule has 1 aliphatic rings. The van der Waals surface area contributed by atoms with Crippen LogP contribution in [0.1, 0.15) is 30.0 Å². The van der Waals surface area contributed by atoms with E-state index in [2.05, 4.69) is 36.1 Å². The molecule has 1 saturated heterocycles. The quantitative estimate of drug-likeness (QED) is 0.291. The number of para-hydroxylation sites is 1. The van der Waals surface area contributed by atoms with E-state index in [1.807, 2.05) is 43.3 Å². The zero-order valence-corrected chi connectivity index (χ0v) is 22.4. The maximum absolute atomic E-state index is 14.2. The van der Waals surface area contributed by atoms with Crippen molar-refractivity contribution < 1.29 is 14.3 Å². The van der Waals surface area contributed by atoms with Gasteiger partial charge in [0.2, 0.25) is 11.8 Å². The van der Waals surface area contributed by atoms with Crippen LogP contribution in [0.5, 0.6) is 0 Å². The summed E-state index contributed by atoms with van der Waals surface area (Å²) in [6.07, 6.45) is 6.50. The summed E-state index contributed by atoms with van der Waals surface area (Å²) in [7, 11) is 0. The van der Waals surface area contributed by atoms with E-state index in [0.29, 0.717) is 35.4 Å². The summed E-state index contributed by atoms with van der Waals surface area (Å²) < 4.78 is 8.79. The second-order valence-electron chi connectivity index (χ2n) is 9.79. The zero-order chi connectivity index (χ0) is 28.2. The Bertz CT molecular complexity index is 1650. The van der Waals surface area contributed by atoms with Crippen molar-refractivity contribution in [2.45, 2.75) is 38.5 Å². The van der Waals surface area contributed by atoms with Crippen LogP contribution in [0.4, 0.5) is 5.69 Å². The van der Waals surface area contributed by atoms with Crippen LogP contribution < -0.4 is 10.2 Å². The van der Waals surface area contributed by atoms with Crippen LogP contribution >= 0.6 is 0 Å². The van der Waals surface area contributed by atoms with Gasteiger partial charge in [0.1, 0.15) is 24.4 Å². The van der Waals surface area contributed by atoms with E-state index in [4.69, 9.17) is 4.74 Å². The van der Waals surface area contributed by atoms with Crippen molar-refractivity contribution in [3.05, 3.63) is 84.4 Å². The number of nitrogens with zero attached hydrogens (tertiary/aromatic N) is 9. The lowest BCUT2D eigenvalue weighted by molar-refractivity contribution is -0.127. The predicted molar refractivity (Wildman–Crippen MR) is 148 cm³/mol. The number of rotatable bonds is 9. The molecule has 0 bridgehead atoms. The van der Waals surface area contributed by atoms with Gasteiger partial charge < -0.3 is 10.1 Å². The molecule has 13 heteroatoms. The highest BCUT2D eigenvalue weighted by atomic mass is 16.5. The number of ether oxygens (including phenoxy) is 1. The Morgan fingerprint density at radius 2 is 2.05 bits per heavy atom. The number of hydrogen-bond acceptors (Lipinski definition) is 9. The van der Waals surface area contributed by atoms with E-state index in [-0.39, 0.29) is 24.5 Å². The SMILES string of the molecule is Cc1cc(N(C(=O)Cn2nnc3ccccc32)C(C(=O)NCC2CCCO2)c2cccnc2)ccc1-n1cnnn1. The standard InChI is InChI=1S/C28H28N10O3/c1-19-14-21(10-11-24(19)37-18-31-33-35-37)38(26(39)17-36-25-9-3-2-8-23(25)32-34-36)27(20-6-4-12-29-15-20)28(40)30-16-22-7-5-13-41-22/h2-4,6,8-12,14-15,18,22,27H,5,7,13,16-17H2,1H3,(H,30,40). The lowest BCUT2D eigenvalue weighted by atomic mass is 10.0. The van der Waals surface area contributed by atoms with Crippen LogP contribution in [0.25, 0.3) is 16.7 Å². The zero-order valence-electron chi connectivity index (χ0n) is 22.4. The van der Waals surface area contributed by atoms with Crippen LogP contribution in [-0.2, 0) is 20.9 Å². The van der Waals surface area contributed by atoms with Gasteiger partial charge in [-0.2, -0.15) is 0 Å². The summed E-state index contributed by atoms with van der Waals surface area (Å²) in [5.74, 6) is -0.691. The number of anilines is 1. The molecule has 6 rings (SSSR count). The molecule has 208 valence electrons. The van der Waals surface area contributed by atoms with E-state index in [1.165, 1.54) is 15.9 Å². The van der Waals surface area contributed by atoms with Gasteiger partial charge in [-0.25, -0.2) is 9.36 Å². The van der Waals surface area contributed by atoms with Gasteiger partial charge in [-0.1, -0.05) is 23.4 Å². The molecule has 2 amide bonds. The number of fused-ring (bicyclic) bond motifs is 1. The summed E-state index contributed by atoms with van der Waals surface area (Å²) >= 11 is 0. The Balaban J connectivity index is 1.41. The molecule has 0 spiro atoms. The molecule has 1 aliphatic heterocycles. The molecular formula is C28H28N10O3. The summed E-state index contributed by atoms with van der Waals surface area (Å²) in [4.78, 5) is 33.9. The molecule has 4 heterocycles. The van der Waals surface area contributed by atoms with E-state index in [1.54, 1.807) is 35.3 Å². The fourth-order valence-electron chi connectivity index (χ4n) is 5.07. The lowest BCUT2D eigenvalue weighted by Gasteiger charge is -2.32. The van der Waals surface area contributed by atoms with Crippen LogP contribution in [0.3, 0.4) is 0 Å². The van der Waals surface area contributed by atoms with Crippen molar-refractivity contribution >= 4 is 28.5 Å². The Labute approximate surface area is 235 Å². The largest absolute Gasteiger partial charge is 0.376 e. The lowest BCUT2D eigenvalue weighted by Crippen LogP contribution is -2.46. The average Bonchev–Trinajstić information content (AvgIpc) is 3.78. The van der Waals surface area contributed by atoms with Gasteiger partial charge in [-0.05, 0) is 72.2 Å². The highest BCUT2D eigenvalue weighted by Crippen LogP contribution is 2.31. The molecule has 0 saturated carbocycles.